The first kappa shape index (κ1) is 24.1. The number of allylic oxidation sites excluding steroid dienone is 9. The topological polar surface area (TPSA) is 15.6 Å². The maximum absolute atomic E-state index is 15.2. The summed E-state index contributed by atoms with van der Waals surface area (Å²) in [5.41, 5.74) is 5.70. The van der Waals surface area contributed by atoms with Gasteiger partial charge in [-0.15, -0.1) is 0 Å². The van der Waals surface area contributed by atoms with E-state index in [0.717, 1.165) is 34.3 Å². The van der Waals surface area contributed by atoms with Gasteiger partial charge >= 0.3 is 0 Å². The fraction of sp³-hybridized carbons (Fsp3) is 0.269. The largest absolute Gasteiger partial charge is 0.348 e. The minimum atomic E-state index is -0.236. The van der Waals surface area contributed by atoms with Crippen molar-refractivity contribution < 1.29 is 4.39 Å². The van der Waals surface area contributed by atoms with E-state index < -0.39 is 0 Å². The summed E-state index contributed by atoms with van der Waals surface area (Å²) in [5, 5.41) is 0. The van der Waals surface area contributed by atoms with E-state index in [2.05, 4.69) is 25.1 Å². The maximum atomic E-state index is 15.2. The van der Waals surface area contributed by atoms with Crippen LogP contribution >= 0.6 is 0 Å². The van der Waals surface area contributed by atoms with Crippen LogP contribution < -0.4 is 4.90 Å². The lowest BCUT2D eigenvalue weighted by atomic mass is 9.94. The van der Waals surface area contributed by atoms with Gasteiger partial charge in [0.2, 0.25) is 0 Å². The number of benzene rings is 1. The highest BCUT2D eigenvalue weighted by Crippen LogP contribution is 2.29. The number of anilines is 1. The Labute approximate surface area is 175 Å². The monoisotopic (exact) mass is 392 g/mol. The zero-order valence-corrected chi connectivity index (χ0v) is 18.6. The summed E-state index contributed by atoms with van der Waals surface area (Å²) in [6, 6.07) is 5.46. The van der Waals surface area contributed by atoms with Crippen LogP contribution in [0.3, 0.4) is 0 Å². The molecule has 154 valence electrons. The van der Waals surface area contributed by atoms with Crippen molar-refractivity contribution in [1.82, 2.24) is 0 Å². The Hall–Kier alpha value is -2.94. The number of hydrogen-bond donors (Lipinski definition) is 0. The summed E-state index contributed by atoms with van der Waals surface area (Å²) in [7, 11) is 3.58. The van der Waals surface area contributed by atoms with E-state index >= 15 is 4.39 Å². The minimum absolute atomic E-state index is 0.236. The summed E-state index contributed by atoms with van der Waals surface area (Å²) in [5.74, 6) is -0.236. The average Bonchev–Trinajstić information content (AvgIpc) is 2.72. The quantitative estimate of drug-likeness (QED) is 0.318. The standard InChI is InChI=1S/C26H33FN2/c1-9-11-13-20(4)24-14-12-15-25(26(24)27)29(8)18-23(10-2)22(6)21(5)19(3)16-17-28-7/h9,11-18H,5-6,10H2,1-4,7-8H3/b11-9-,19-16+,20-13+,23-18-,28-17?. The van der Waals surface area contributed by atoms with Gasteiger partial charge in [0, 0.05) is 32.1 Å². The zero-order valence-electron chi connectivity index (χ0n) is 18.6. The molecule has 1 rings (SSSR count). The number of halogens is 1. The normalized spacial score (nSPS) is 13.4. The molecule has 0 saturated carbocycles. The fourth-order valence-electron chi connectivity index (χ4n) is 2.83. The van der Waals surface area contributed by atoms with Crippen molar-refractivity contribution in [3.05, 3.63) is 95.5 Å². The Morgan fingerprint density at radius 2 is 1.86 bits per heavy atom. The van der Waals surface area contributed by atoms with Crippen molar-refractivity contribution in [2.75, 3.05) is 19.0 Å². The van der Waals surface area contributed by atoms with Crippen LogP contribution in [0.1, 0.15) is 39.7 Å². The van der Waals surface area contributed by atoms with E-state index in [9.17, 15) is 0 Å². The first-order valence-corrected chi connectivity index (χ1v) is 9.78. The Kier molecular flexibility index (Phi) is 9.81. The van der Waals surface area contributed by atoms with Gasteiger partial charge in [0.1, 0.15) is 0 Å². The molecule has 29 heavy (non-hydrogen) atoms. The number of hydrogen-bond acceptors (Lipinski definition) is 2. The summed E-state index contributed by atoms with van der Waals surface area (Å²) < 4.78 is 15.2. The van der Waals surface area contributed by atoms with Crippen LogP contribution in [0.2, 0.25) is 0 Å². The van der Waals surface area contributed by atoms with E-state index in [0.29, 0.717) is 11.3 Å². The summed E-state index contributed by atoms with van der Waals surface area (Å²) in [6.45, 7) is 16.3. The molecular weight excluding hydrogens is 359 g/mol. The van der Waals surface area contributed by atoms with Gasteiger partial charge in [-0.2, -0.15) is 0 Å². The van der Waals surface area contributed by atoms with Gasteiger partial charge in [-0.3, -0.25) is 4.99 Å². The van der Waals surface area contributed by atoms with Crippen LogP contribution in [0.15, 0.2) is 89.1 Å². The van der Waals surface area contributed by atoms with Crippen LogP contribution in [-0.4, -0.2) is 20.3 Å². The lowest BCUT2D eigenvalue weighted by molar-refractivity contribution is 0.623. The lowest BCUT2D eigenvalue weighted by Gasteiger charge is -2.21. The molecule has 0 spiro atoms. The van der Waals surface area contributed by atoms with Crippen LogP contribution in [0.4, 0.5) is 10.1 Å². The molecule has 0 aliphatic carbocycles. The predicted molar refractivity (Wildman–Crippen MR) is 128 cm³/mol. The second-order valence-electron chi connectivity index (χ2n) is 6.85. The van der Waals surface area contributed by atoms with Gasteiger partial charge in [-0.25, -0.2) is 4.39 Å². The van der Waals surface area contributed by atoms with Gasteiger partial charge in [-0.1, -0.05) is 50.4 Å². The fourth-order valence-corrected chi connectivity index (χ4v) is 2.83. The van der Waals surface area contributed by atoms with Crippen LogP contribution in [-0.2, 0) is 0 Å². The highest BCUT2D eigenvalue weighted by Gasteiger charge is 2.13. The highest BCUT2D eigenvalue weighted by molar-refractivity contribution is 5.74. The molecule has 0 N–H and O–H groups in total. The molecule has 0 aliphatic heterocycles. The predicted octanol–water partition coefficient (Wildman–Crippen LogP) is 7.29. The first-order chi connectivity index (χ1) is 13.8. The molecule has 0 atom stereocenters. The van der Waals surface area contributed by atoms with Gasteiger partial charge < -0.3 is 4.90 Å². The zero-order chi connectivity index (χ0) is 22.0. The second-order valence-corrected chi connectivity index (χ2v) is 6.85. The molecule has 0 saturated heterocycles. The molecular formula is C26H33FN2. The van der Waals surface area contributed by atoms with Gasteiger partial charge in [0.05, 0.1) is 5.69 Å². The molecule has 0 bridgehead atoms. The van der Waals surface area contributed by atoms with E-state index in [1.807, 2.05) is 69.3 Å². The van der Waals surface area contributed by atoms with Gasteiger partial charge in [0.25, 0.3) is 0 Å². The third-order valence-electron chi connectivity index (χ3n) is 4.75. The minimum Gasteiger partial charge on any atom is -0.348 e. The molecule has 0 amide bonds. The van der Waals surface area contributed by atoms with Crippen molar-refractivity contribution in [3.63, 3.8) is 0 Å². The molecule has 2 nitrogen and oxygen atoms in total. The van der Waals surface area contributed by atoms with Crippen molar-refractivity contribution in [2.24, 2.45) is 4.99 Å². The van der Waals surface area contributed by atoms with Crippen LogP contribution in [0, 0.1) is 5.82 Å². The van der Waals surface area contributed by atoms with E-state index in [-0.39, 0.29) is 5.82 Å². The highest BCUT2D eigenvalue weighted by atomic mass is 19.1. The Balaban J connectivity index is 3.26. The molecule has 0 radical (unpaired) electrons. The number of aliphatic imine (C=N–C) groups is 1. The van der Waals surface area contributed by atoms with Crippen LogP contribution in [0.5, 0.6) is 0 Å². The third-order valence-corrected chi connectivity index (χ3v) is 4.75. The first-order valence-electron chi connectivity index (χ1n) is 9.78. The molecule has 0 unspecified atom stereocenters. The molecule has 1 aromatic rings. The van der Waals surface area contributed by atoms with E-state index in [4.69, 9.17) is 0 Å². The van der Waals surface area contributed by atoms with Crippen molar-refractivity contribution in [2.45, 2.75) is 34.1 Å². The number of nitrogens with zero attached hydrogens (tertiary/aromatic N) is 2. The molecule has 1 aromatic carbocycles. The Bertz CT molecular complexity index is 895. The number of rotatable bonds is 9. The molecule has 3 heteroatoms. The third kappa shape index (κ3) is 6.56. The summed E-state index contributed by atoms with van der Waals surface area (Å²) >= 11 is 0. The van der Waals surface area contributed by atoms with Crippen LogP contribution in [0.25, 0.3) is 5.57 Å². The molecule has 0 heterocycles. The Morgan fingerprint density at radius 3 is 2.45 bits per heavy atom. The maximum Gasteiger partial charge on any atom is 0.154 e. The second kappa shape index (κ2) is 11.8. The van der Waals surface area contributed by atoms with Gasteiger partial charge in [-0.05, 0) is 67.2 Å². The Morgan fingerprint density at radius 1 is 1.17 bits per heavy atom. The van der Waals surface area contributed by atoms with Crippen molar-refractivity contribution in [1.29, 1.82) is 0 Å². The molecule has 0 aromatic heterocycles. The van der Waals surface area contributed by atoms with Crippen molar-refractivity contribution >= 4 is 17.5 Å². The summed E-state index contributed by atoms with van der Waals surface area (Å²) in [4.78, 5) is 5.79. The SMILES string of the molecule is C=C(C(=C)/C(C)=C/C=NC)/C(=C\N(C)c1cccc(/C(C)=C/C=C\C)c1F)CC. The molecule has 0 fully saturated rings. The van der Waals surface area contributed by atoms with E-state index in [1.165, 1.54) is 0 Å². The summed E-state index contributed by atoms with van der Waals surface area (Å²) in [6.07, 6.45) is 12.1. The lowest BCUT2D eigenvalue weighted by Crippen LogP contribution is -2.13. The smallest absolute Gasteiger partial charge is 0.154 e. The molecule has 0 aliphatic rings. The van der Waals surface area contributed by atoms with Crippen molar-refractivity contribution in [3.8, 4) is 0 Å². The average molecular weight is 393 g/mol. The van der Waals surface area contributed by atoms with Gasteiger partial charge in [0.15, 0.2) is 5.82 Å². The van der Waals surface area contributed by atoms with E-state index in [1.54, 1.807) is 25.4 Å².